The minimum absolute atomic E-state index is 0.0294. The molecule has 1 aromatic carbocycles. The molecule has 0 atom stereocenters. The highest BCUT2D eigenvalue weighted by Gasteiger charge is 2.29. The molecular weight excluding hydrogens is 375 g/mol. The Balaban J connectivity index is 1.63. The van der Waals surface area contributed by atoms with Gasteiger partial charge >= 0.3 is 6.09 Å². The van der Waals surface area contributed by atoms with Crippen molar-refractivity contribution >= 4 is 11.9 Å². The summed E-state index contributed by atoms with van der Waals surface area (Å²) in [5.74, 6) is -0.491. The van der Waals surface area contributed by atoms with Crippen molar-refractivity contribution in [1.82, 2.24) is 9.88 Å². The second-order valence-corrected chi connectivity index (χ2v) is 7.03. The summed E-state index contributed by atoms with van der Waals surface area (Å²) in [5.41, 5.74) is 0.989. The highest BCUT2D eigenvalue weighted by atomic mass is 19.1. The fourth-order valence-electron chi connectivity index (χ4n) is 3.67. The number of anilines is 1. The number of nitrogens with zero attached hydrogens (tertiary/aromatic N) is 3. The minimum atomic E-state index is -0.935. The van der Waals surface area contributed by atoms with Gasteiger partial charge in [0.1, 0.15) is 11.6 Å². The van der Waals surface area contributed by atoms with Crippen LogP contribution in [-0.2, 0) is 6.54 Å². The van der Waals surface area contributed by atoms with Crippen molar-refractivity contribution in [2.45, 2.75) is 44.3 Å². The lowest BCUT2D eigenvalue weighted by molar-refractivity contribution is 0.105. The maximum atomic E-state index is 14.2. The zero-order valence-electron chi connectivity index (χ0n) is 16.1. The van der Waals surface area contributed by atoms with Crippen LogP contribution in [0.25, 0.3) is 0 Å². The summed E-state index contributed by atoms with van der Waals surface area (Å²) >= 11 is 0. The van der Waals surface area contributed by atoms with Crippen LogP contribution in [0.3, 0.4) is 0 Å². The van der Waals surface area contributed by atoms with E-state index in [0.717, 1.165) is 11.6 Å². The van der Waals surface area contributed by atoms with E-state index in [1.165, 1.54) is 12.0 Å². The molecule has 1 amide bonds. The average molecular weight is 398 g/mol. The molecule has 0 spiro atoms. The zero-order chi connectivity index (χ0) is 20.8. The summed E-state index contributed by atoms with van der Waals surface area (Å²) < 4.78 is 19.3. The molecule has 3 rings (SSSR count). The fourth-order valence-corrected chi connectivity index (χ4v) is 3.67. The number of hydrogen-bond donors (Lipinski definition) is 2. The van der Waals surface area contributed by atoms with E-state index in [4.69, 9.17) is 10.00 Å². The second kappa shape index (κ2) is 9.24. The van der Waals surface area contributed by atoms with Gasteiger partial charge in [-0.3, -0.25) is 0 Å². The van der Waals surface area contributed by atoms with Gasteiger partial charge in [-0.05, 0) is 31.2 Å². The number of amides is 1. The van der Waals surface area contributed by atoms with Gasteiger partial charge < -0.3 is 20.1 Å². The molecule has 1 aliphatic carbocycles. The van der Waals surface area contributed by atoms with Crippen LogP contribution in [-0.4, -0.2) is 40.3 Å². The molecule has 0 unspecified atom stereocenters. The van der Waals surface area contributed by atoms with E-state index in [1.54, 1.807) is 0 Å². The standard InChI is InChI=1S/C21H23FN4O3/c1-29-20-15(12-23)11-18(22)19(25-20)24-16-7-9-17(10-8-16)26(21(27)28)13-14-5-3-2-4-6-14/h2-6,11,16-17H,7-10,13H2,1H3,(H,24,25)(H,27,28). The number of pyridine rings is 1. The number of halogens is 1. The van der Waals surface area contributed by atoms with Crippen LogP contribution < -0.4 is 10.1 Å². The van der Waals surface area contributed by atoms with E-state index in [2.05, 4.69) is 10.3 Å². The van der Waals surface area contributed by atoms with Gasteiger partial charge in [-0.25, -0.2) is 9.18 Å². The Kier molecular flexibility index (Phi) is 6.50. The molecule has 7 nitrogen and oxygen atoms in total. The third-order valence-corrected chi connectivity index (χ3v) is 5.17. The van der Waals surface area contributed by atoms with Gasteiger partial charge in [0, 0.05) is 24.7 Å². The lowest BCUT2D eigenvalue weighted by Crippen LogP contribution is -2.43. The molecule has 0 aliphatic heterocycles. The Morgan fingerprint density at radius 2 is 2.03 bits per heavy atom. The van der Waals surface area contributed by atoms with Crippen molar-refractivity contribution in [1.29, 1.82) is 5.26 Å². The van der Waals surface area contributed by atoms with Crippen LogP contribution in [0.15, 0.2) is 36.4 Å². The number of carbonyl (C=O) groups is 1. The summed E-state index contributed by atoms with van der Waals surface area (Å²) in [6.45, 7) is 0.349. The van der Waals surface area contributed by atoms with E-state index in [0.29, 0.717) is 32.2 Å². The summed E-state index contributed by atoms with van der Waals surface area (Å²) in [6, 6.07) is 12.3. The lowest BCUT2D eigenvalue weighted by Gasteiger charge is -2.35. The summed E-state index contributed by atoms with van der Waals surface area (Å²) in [6.07, 6.45) is 1.78. The van der Waals surface area contributed by atoms with Crippen molar-refractivity contribution < 1.29 is 19.0 Å². The second-order valence-electron chi connectivity index (χ2n) is 7.03. The molecular formula is C21H23FN4O3. The highest BCUT2D eigenvalue weighted by Crippen LogP contribution is 2.28. The largest absolute Gasteiger partial charge is 0.480 e. The van der Waals surface area contributed by atoms with Gasteiger partial charge in [-0.2, -0.15) is 10.2 Å². The van der Waals surface area contributed by atoms with E-state index in [-0.39, 0.29) is 29.3 Å². The zero-order valence-corrected chi connectivity index (χ0v) is 16.1. The average Bonchev–Trinajstić information content (AvgIpc) is 2.74. The third kappa shape index (κ3) is 4.93. The van der Waals surface area contributed by atoms with E-state index >= 15 is 0 Å². The first-order valence-corrected chi connectivity index (χ1v) is 9.46. The van der Waals surface area contributed by atoms with E-state index in [1.807, 2.05) is 36.4 Å². The van der Waals surface area contributed by atoms with E-state index < -0.39 is 11.9 Å². The molecule has 1 saturated carbocycles. The number of methoxy groups -OCH3 is 1. The molecule has 1 fully saturated rings. The van der Waals surface area contributed by atoms with E-state index in [9.17, 15) is 14.3 Å². The van der Waals surface area contributed by atoms with Crippen molar-refractivity contribution in [3.05, 3.63) is 53.3 Å². The molecule has 29 heavy (non-hydrogen) atoms. The first-order chi connectivity index (χ1) is 14.0. The molecule has 8 heteroatoms. The number of nitrogens with one attached hydrogen (secondary N) is 1. The first kappa shape index (κ1) is 20.4. The first-order valence-electron chi connectivity index (χ1n) is 9.46. The molecule has 0 bridgehead atoms. The summed E-state index contributed by atoms with van der Waals surface area (Å²) in [4.78, 5) is 17.3. The molecule has 0 saturated heterocycles. The number of benzene rings is 1. The van der Waals surface area contributed by atoms with Crippen LogP contribution >= 0.6 is 0 Å². The van der Waals surface area contributed by atoms with Gasteiger partial charge in [-0.1, -0.05) is 30.3 Å². The van der Waals surface area contributed by atoms with Crippen LogP contribution in [0.2, 0.25) is 0 Å². The Morgan fingerprint density at radius 3 is 2.62 bits per heavy atom. The quantitative estimate of drug-likeness (QED) is 0.763. The van der Waals surface area contributed by atoms with Crippen molar-refractivity contribution in [3.63, 3.8) is 0 Å². The fraction of sp³-hybridized carbons (Fsp3) is 0.381. The maximum Gasteiger partial charge on any atom is 0.407 e. The van der Waals surface area contributed by atoms with Gasteiger partial charge in [0.2, 0.25) is 5.88 Å². The molecule has 152 valence electrons. The number of hydrogen-bond acceptors (Lipinski definition) is 5. The normalized spacial score (nSPS) is 18.5. The predicted molar refractivity (Wildman–Crippen MR) is 105 cm³/mol. The maximum absolute atomic E-state index is 14.2. The molecule has 2 aromatic rings. The van der Waals surface area contributed by atoms with Crippen molar-refractivity contribution in [3.8, 4) is 11.9 Å². The van der Waals surface area contributed by atoms with Gasteiger partial charge in [-0.15, -0.1) is 0 Å². The number of rotatable bonds is 6. The van der Waals surface area contributed by atoms with Gasteiger partial charge in [0.05, 0.1) is 7.11 Å². The Bertz CT molecular complexity index is 893. The summed E-state index contributed by atoms with van der Waals surface area (Å²) in [5, 5.41) is 21.7. The smallest absolute Gasteiger partial charge is 0.407 e. The topological polar surface area (TPSA) is 98.5 Å². The van der Waals surface area contributed by atoms with Crippen molar-refractivity contribution in [2.24, 2.45) is 0 Å². The number of nitriles is 1. The van der Waals surface area contributed by atoms with Crippen molar-refractivity contribution in [2.75, 3.05) is 12.4 Å². The molecule has 0 radical (unpaired) electrons. The Hall–Kier alpha value is -3.34. The minimum Gasteiger partial charge on any atom is -0.480 e. The number of carboxylic acid groups (broad SMARTS) is 1. The van der Waals surface area contributed by atoms with Crippen LogP contribution in [0, 0.1) is 17.1 Å². The van der Waals surface area contributed by atoms with Crippen LogP contribution in [0.1, 0.15) is 36.8 Å². The SMILES string of the molecule is COc1nc(NC2CCC(N(Cc3ccccc3)C(=O)O)CC2)c(F)cc1C#N. The van der Waals surface area contributed by atoms with Crippen LogP contribution in [0.4, 0.5) is 15.0 Å². The van der Waals surface area contributed by atoms with Gasteiger partial charge in [0.25, 0.3) is 0 Å². The number of aromatic nitrogens is 1. The van der Waals surface area contributed by atoms with Crippen LogP contribution in [0.5, 0.6) is 5.88 Å². The molecule has 1 aliphatic rings. The third-order valence-electron chi connectivity index (χ3n) is 5.17. The van der Waals surface area contributed by atoms with Gasteiger partial charge in [0.15, 0.2) is 11.6 Å². The summed E-state index contributed by atoms with van der Waals surface area (Å²) in [7, 11) is 1.38. The molecule has 1 heterocycles. The monoisotopic (exact) mass is 398 g/mol. The Labute approximate surface area is 168 Å². The lowest BCUT2D eigenvalue weighted by atomic mass is 9.90. The number of ether oxygens (including phenoxy) is 1. The Morgan fingerprint density at radius 1 is 1.34 bits per heavy atom. The highest BCUT2D eigenvalue weighted by molar-refractivity contribution is 5.65. The molecule has 2 N–H and O–H groups in total. The molecule has 1 aromatic heterocycles. The predicted octanol–water partition coefficient (Wildman–Crippen LogP) is 4.00.